The predicted octanol–water partition coefficient (Wildman–Crippen LogP) is 2.08. The van der Waals surface area contributed by atoms with Crippen molar-refractivity contribution in [1.82, 2.24) is 9.80 Å². The number of nitrogens with zero attached hydrogens (tertiary/aromatic N) is 2. The lowest BCUT2D eigenvalue weighted by Gasteiger charge is -2.36. The molecule has 0 aromatic heterocycles. The number of nitrogens with two attached hydrogens (primary N) is 1. The number of hydrogen-bond acceptors (Lipinski definition) is 3. The van der Waals surface area contributed by atoms with Crippen LogP contribution in [0.3, 0.4) is 0 Å². The van der Waals surface area contributed by atoms with Crippen molar-refractivity contribution in [2.75, 3.05) is 20.1 Å². The Bertz CT molecular complexity index is 484. The van der Waals surface area contributed by atoms with Crippen LogP contribution in [-0.2, 0) is 17.8 Å². The molecule has 2 N–H and O–H groups in total. The summed E-state index contributed by atoms with van der Waals surface area (Å²) in [7, 11) is 1.84. The molecule has 2 unspecified atom stereocenters. The lowest BCUT2D eigenvalue weighted by molar-refractivity contribution is -0.137. The van der Waals surface area contributed by atoms with Gasteiger partial charge in [-0.15, -0.1) is 24.8 Å². The Labute approximate surface area is 145 Å². The van der Waals surface area contributed by atoms with Gasteiger partial charge in [-0.05, 0) is 31.4 Å². The Morgan fingerprint density at radius 2 is 1.86 bits per heavy atom. The van der Waals surface area contributed by atoms with E-state index in [4.69, 9.17) is 5.73 Å². The molecule has 0 fully saturated rings. The molecule has 0 spiro atoms. The zero-order chi connectivity index (χ0) is 14.7. The molecule has 1 aromatic carbocycles. The van der Waals surface area contributed by atoms with Crippen molar-refractivity contribution in [3.8, 4) is 0 Å². The van der Waals surface area contributed by atoms with Crippen LogP contribution in [-0.4, -0.2) is 47.9 Å². The fraction of sp³-hybridized carbons (Fsp3) is 0.562. The zero-order valence-corrected chi connectivity index (χ0v) is 15.1. The highest BCUT2D eigenvalue weighted by molar-refractivity contribution is 5.85. The van der Waals surface area contributed by atoms with E-state index in [0.717, 1.165) is 19.5 Å². The number of benzene rings is 1. The van der Waals surface area contributed by atoms with Crippen molar-refractivity contribution < 1.29 is 4.79 Å². The molecule has 0 saturated heterocycles. The SMILES string of the molecule is CC(C(=O)N(C)C(C)CN)N1CCc2ccccc2C1.Cl.Cl. The van der Waals surface area contributed by atoms with E-state index in [9.17, 15) is 4.79 Å². The highest BCUT2D eigenvalue weighted by Gasteiger charge is 2.28. The lowest BCUT2D eigenvalue weighted by Crippen LogP contribution is -2.51. The second-order valence-corrected chi connectivity index (χ2v) is 5.70. The van der Waals surface area contributed by atoms with Gasteiger partial charge in [0.05, 0.1) is 6.04 Å². The van der Waals surface area contributed by atoms with Gasteiger partial charge in [0, 0.05) is 32.7 Å². The average molecular weight is 348 g/mol. The number of rotatable bonds is 4. The first-order valence-corrected chi connectivity index (χ1v) is 7.32. The molecule has 2 rings (SSSR count). The minimum Gasteiger partial charge on any atom is -0.340 e. The first-order valence-electron chi connectivity index (χ1n) is 7.32. The number of amides is 1. The van der Waals surface area contributed by atoms with Crippen LogP contribution in [0.15, 0.2) is 24.3 Å². The topological polar surface area (TPSA) is 49.6 Å². The summed E-state index contributed by atoms with van der Waals surface area (Å²) in [4.78, 5) is 16.5. The molecule has 1 aliphatic rings. The van der Waals surface area contributed by atoms with Gasteiger partial charge < -0.3 is 10.6 Å². The van der Waals surface area contributed by atoms with E-state index in [-0.39, 0.29) is 42.8 Å². The van der Waals surface area contributed by atoms with Gasteiger partial charge in [-0.3, -0.25) is 9.69 Å². The van der Waals surface area contributed by atoms with Crippen LogP contribution < -0.4 is 5.73 Å². The molecule has 1 heterocycles. The molecule has 1 amide bonds. The number of likely N-dealkylation sites (N-methyl/N-ethyl adjacent to an activating group) is 1. The fourth-order valence-electron chi connectivity index (χ4n) is 2.67. The van der Waals surface area contributed by atoms with Gasteiger partial charge in [-0.1, -0.05) is 24.3 Å². The molecular formula is C16H27Cl2N3O. The summed E-state index contributed by atoms with van der Waals surface area (Å²) in [5.41, 5.74) is 8.40. The molecule has 1 aliphatic heterocycles. The summed E-state index contributed by atoms with van der Waals surface area (Å²) < 4.78 is 0. The molecule has 0 radical (unpaired) electrons. The zero-order valence-electron chi connectivity index (χ0n) is 13.5. The number of carbonyl (C=O) groups is 1. The third-order valence-corrected chi connectivity index (χ3v) is 4.42. The van der Waals surface area contributed by atoms with Gasteiger partial charge in [0.25, 0.3) is 0 Å². The Balaban J connectivity index is 0.00000220. The molecule has 0 bridgehead atoms. The highest BCUT2D eigenvalue weighted by atomic mass is 35.5. The van der Waals surface area contributed by atoms with Gasteiger partial charge in [-0.2, -0.15) is 0 Å². The van der Waals surface area contributed by atoms with Gasteiger partial charge in [0.15, 0.2) is 0 Å². The summed E-state index contributed by atoms with van der Waals surface area (Å²) in [6, 6.07) is 8.48. The molecule has 0 saturated carbocycles. The summed E-state index contributed by atoms with van der Waals surface area (Å²) in [6.45, 7) is 6.27. The minimum absolute atomic E-state index is 0. The molecule has 22 heavy (non-hydrogen) atoms. The first-order chi connectivity index (χ1) is 9.54. The largest absolute Gasteiger partial charge is 0.340 e. The van der Waals surface area contributed by atoms with E-state index in [1.54, 1.807) is 4.90 Å². The fourth-order valence-corrected chi connectivity index (χ4v) is 2.67. The third kappa shape index (κ3) is 4.59. The number of hydrogen-bond donors (Lipinski definition) is 1. The number of fused-ring (bicyclic) bond motifs is 1. The Morgan fingerprint density at radius 1 is 1.27 bits per heavy atom. The monoisotopic (exact) mass is 347 g/mol. The molecule has 0 aliphatic carbocycles. The van der Waals surface area contributed by atoms with Crippen molar-refractivity contribution in [2.24, 2.45) is 5.73 Å². The van der Waals surface area contributed by atoms with E-state index >= 15 is 0 Å². The second kappa shape index (κ2) is 9.36. The van der Waals surface area contributed by atoms with Crippen molar-refractivity contribution in [1.29, 1.82) is 0 Å². The normalized spacial score (nSPS) is 16.5. The summed E-state index contributed by atoms with van der Waals surface area (Å²) in [5, 5.41) is 0. The van der Waals surface area contributed by atoms with Crippen LogP contribution in [0.25, 0.3) is 0 Å². The van der Waals surface area contributed by atoms with E-state index < -0.39 is 0 Å². The van der Waals surface area contributed by atoms with E-state index in [1.165, 1.54) is 11.1 Å². The van der Waals surface area contributed by atoms with Crippen LogP contribution in [0.2, 0.25) is 0 Å². The van der Waals surface area contributed by atoms with Gasteiger partial charge >= 0.3 is 0 Å². The molecule has 6 heteroatoms. The lowest BCUT2D eigenvalue weighted by atomic mass is 9.98. The Kier molecular flexibility index (Phi) is 9.01. The number of halogens is 2. The van der Waals surface area contributed by atoms with Crippen LogP contribution in [0.1, 0.15) is 25.0 Å². The molecule has 126 valence electrons. The van der Waals surface area contributed by atoms with Crippen molar-refractivity contribution in [3.63, 3.8) is 0 Å². The minimum atomic E-state index is -0.0950. The van der Waals surface area contributed by atoms with Crippen LogP contribution >= 0.6 is 24.8 Å². The molecule has 4 nitrogen and oxygen atoms in total. The smallest absolute Gasteiger partial charge is 0.239 e. The van der Waals surface area contributed by atoms with E-state index in [1.807, 2.05) is 20.9 Å². The van der Waals surface area contributed by atoms with Crippen molar-refractivity contribution in [2.45, 2.75) is 38.9 Å². The van der Waals surface area contributed by atoms with Crippen molar-refractivity contribution in [3.05, 3.63) is 35.4 Å². The number of carbonyl (C=O) groups excluding carboxylic acids is 1. The third-order valence-electron chi connectivity index (χ3n) is 4.42. The summed E-state index contributed by atoms with van der Waals surface area (Å²) in [6.07, 6.45) is 1.02. The molecule has 1 aromatic rings. The van der Waals surface area contributed by atoms with Crippen LogP contribution in [0.5, 0.6) is 0 Å². The second-order valence-electron chi connectivity index (χ2n) is 5.70. The summed E-state index contributed by atoms with van der Waals surface area (Å²) >= 11 is 0. The molecular weight excluding hydrogens is 321 g/mol. The standard InChI is InChI=1S/C16H25N3O.2ClH/c1-12(10-17)18(3)16(20)13(2)19-9-8-14-6-4-5-7-15(14)11-19;;/h4-7,12-13H,8-11,17H2,1-3H3;2*1H. The van der Waals surface area contributed by atoms with Crippen LogP contribution in [0.4, 0.5) is 0 Å². The summed E-state index contributed by atoms with van der Waals surface area (Å²) in [5.74, 6) is 0.155. The average Bonchev–Trinajstić information content (AvgIpc) is 2.51. The van der Waals surface area contributed by atoms with Crippen LogP contribution in [0, 0.1) is 0 Å². The first kappa shape index (κ1) is 21.2. The van der Waals surface area contributed by atoms with Crippen molar-refractivity contribution >= 4 is 30.7 Å². The molecule has 2 atom stereocenters. The predicted molar refractivity (Wildman–Crippen MR) is 95.8 cm³/mol. The maximum absolute atomic E-state index is 12.5. The van der Waals surface area contributed by atoms with E-state index in [0.29, 0.717) is 6.54 Å². The van der Waals surface area contributed by atoms with E-state index in [2.05, 4.69) is 29.2 Å². The maximum Gasteiger partial charge on any atom is 0.239 e. The Morgan fingerprint density at radius 3 is 2.45 bits per heavy atom. The highest BCUT2D eigenvalue weighted by Crippen LogP contribution is 2.21. The van der Waals surface area contributed by atoms with Gasteiger partial charge in [0.2, 0.25) is 5.91 Å². The van der Waals surface area contributed by atoms with Gasteiger partial charge in [0.1, 0.15) is 0 Å². The quantitative estimate of drug-likeness (QED) is 0.906. The maximum atomic E-state index is 12.5. The Hall–Kier alpha value is -0.810. The van der Waals surface area contributed by atoms with Gasteiger partial charge in [-0.25, -0.2) is 0 Å².